The maximum Gasteiger partial charge on any atom is 0.338 e. The number of likely N-dealkylation sites (N-methyl/N-ethyl adjacent to an activating group) is 1. The molecule has 0 atom stereocenters. The van der Waals surface area contributed by atoms with E-state index in [-0.39, 0.29) is 11.8 Å². The second-order valence-electron chi connectivity index (χ2n) is 6.86. The van der Waals surface area contributed by atoms with E-state index in [1.807, 2.05) is 24.3 Å². The first-order chi connectivity index (χ1) is 13.1. The standard InChI is InChI=1S/C22H26N2O3/c1-3-27-22(26)18-10-8-17(9-11-18)21(25)20-7-5-4-6-19(20)16-24-14-12-23(2)13-15-24/h4-11H,3,12-16H2,1-2H3. The quantitative estimate of drug-likeness (QED) is 0.581. The second kappa shape index (κ2) is 8.93. The lowest BCUT2D eigenvalue weighted by molar-refractivity contribution is 0.0526. The van der Waals surface area contributed by atoms with Gasteiger partial charge < -0.3 is 9.64 Å². The molecule has 0 saturated carbocycles. The molecular formula is C22H26N2O3. The lowest BCUT2D eigenvalue weighted by Gasteiger charge is -2.32. The fraction of sp³-hybridized carbons (Fsp3) is 0.364. The molecule has 0 aliphatic carbocycles. The zero-order chi connectivity index (χ0) is 19.2. The Morgan fingerprint density at radius 1 is 0.926 bits per heavy atom. The maximum absolute atomic E-state index is 13.0. The van der Waals surface area contributed by atoms with E-state index in [1.165, 1.54) is 0 Å². The molecule has 0 spiro atoms. The van der Waals surface area contributed by atoms with Crippen LogP contribution in [0, 0.1) is 0 Å². The van der Waals surface area contributed by atoms with Gasteiger partial charge in [0.2, 0.25) is 0 Å². The summed E-state index contributed by atoms with van der Waals surface area (Å²) in [5.74, 6) is -0.387. The van der Waals surface area contributed by atoms with E-state index in [0.717, 1.165) is 43.9 Å². The summed E-state index contributed by atoms with van der Waals surface area (Å²) >= 11 is 0. The zero-order valence-electron chi connectivity index (χ0n) is 16.0. The van der Waals surface area contributed by atoms with Crippen LogP contribution in [0.1, 0.15) is 38.8 Å². The van der Waals surface area contributed by atoms with Crippen molar-refractivity contribution in [3.63, 3.8) is 0 Å². The summed E-state index contributed by atoms with van der Waals surface area (Å²) < 4.78 is 4.99. The summed E-state index contributed by atoms with van der Waals surface area (Å²) in [4.78, 5) is 29.5. The number of piperazine rings is 1. The van der Waals surface area contributed by atoms with Crippen LogP contribution in [0.25, 0.3) is 0 Å². The van der Waals surface area contributed by atoms with E-state index >= 15 is 0 Å². The summed E-state index contributed by atoms with van der Waals surface area (Å²) in [5, 5.41) is 0. The molecule has 5 heteroatoms. The SMILES string of the molecule is CCOC(=O)c1ccc(C(=O)c2ccccc2CN2CCN(C)CC2)cc1. The van der Waals surface area contributed by atoms with Crippen molar-refractivity contribution in [2.45, 2.75) is 13.5 Å². The molecule has 1 aliphatic rings. The van der Waals surface area contributed by atoms with Crippen LogP contribution < -0.4 is 0 Å². The van der Waals surface area contributed by atoms with Crippen LogP contribution in [0.3, 0.4) is 0 Å². The number of nitrogens with zero attached hydrogens (tertiary/aromatic N) is 2. The summed E-state index contributed by atoms with van der Waals surface area (Å²) in [5.41, 5.74) is 2.80. The molecule has 1 heterocycles. The van der Waals surface area contributed by atoms with Crippen LogP contribution in [-0.2, 0) is 11.3 Å². The molecule has 1 fully saturated rings. The highest BCUT2D eigenvalue weighted by atomic mass is 16.5. The summed E-state index contributed by atoms with van der Waals surface area (Å²) in [6.45, 7) is 6.99. The Labute approximate surface area is 160 Å². The molecule has 0 bridgehead atoms. The van der Waals surface area contributed by atoms with Crippen molar-refractivity contribution in [3.05, 3.63) is 70.8 Å². The first-order valence-electron chi connectivity index (χ1n) is 9.39. The van der Waals surface area contributed by atoms with Crippen LogP contribution in [0.2, 0.25) is 0 Å². The van der Waals surface area contributed by atoms with Crippen molar-refractivity contribution in [2.24, 2.45) is 0 Å². The highest BCUT2D eigenvalue weighted by Crippen LogP contribution is 2.18. The van der Waals surface area contributed by atoms with Crippen molar-refractivity contribution in [2.75, 3.05) is 39.8 Å². The molecule has 3 rings (SSSR count). The van der Waals surface area contributed by atoms with Gasteiger partial charge >= 0.3 is 5.97 Å². The zero-order valence-corrected chi connectivity index (χ0v) is 16.0. The molecule has 1 aliphatic heterocycles. The van der Waals surface area contributed by atoms with Crippen LogP contribution in [0.15, 0.2) is 48.5 Å². The molecule has 0 radical (unpaired) electrons. The number of hydrogen-bond acceptors (Lipinski definition) is 5. The Bertz CT molecular complexity index is 793. The van der Waals surface area contributed by atoms with Crippen molar-refractivity contribution in [1.82, 2.24) is 9.80 Å². The lowest BCUT2D eigenvalue weighted by Crippen LogP contribution is -2.44. The minimum Gasteiger partial charge on any atom is -0.462 e. The van der Waals surface area contributed by atoms with Gasteiger partial charge in [-0.3, -0.25) is 9.69 Å². The molecule has 1 saturated heterocycles. The third kappa shape index (κ3) is 4.81. The van der Waals surface area contributed by atoms with Crippen LogP contribution in [-0.4, -0.2) is 61.4 Å². The van der Waals surface area contributed by atoms with Crippen LogP contribution >= 0.6 is 0 Å². The van der Waals surface area contributed by atoms with Gasteiger partial charge in [-0.05, 0) is 31.7 Å². The van der Waals surface area contributed by atoms with E-state index in [1.54, 1.807) is 31.2 Å². The fourth-order valence-electron chi connectivity index (χ4n) is 3.25. The number of ether oxygens (including phenoxy) is 1. The van der Waals surface area contributed by atoms with Crippen molar-refractivity contribution in [3.8, 4) is 0 Å². The van der Waals surface area contributed by atoms with Gasteiger partial charge in [0.15, 0.2) is 5.78 Å². The molecule has 27 heavy (non-hydrogen) atoms. The average Bonchev–Trinajstić information content (AvgIpc) is 2.70. The lowest BCUT2D eigenvalue weighted by atomic mass is 9.97. The molecule has 2 aromatic carbocycles. The fourth-order valence-corrected chi connectivity index (χ4v) is 3.25. The Balaban J connectivity index is 1.76. The van der Waals surface area contributed by atoms with E-state index in [2.05, 4.69) is 16.8 Å². The van der Waals surface area contributed by atoms with Gasteiger partial charge in [0, 0.05) is 43.9 Å². The molecule has 5 nitrogen and oxygen atoms in total. The van der Waals surface area contributed by atoms with Gasteiger partial charge in [-0.25, -0.2) is 4.79 Å². The Morgan fingerprint density at radius 3 is 2.22 bits per heavy atom. The number of carbonyl (C=O) groups excluding carboxylic acids is 2. The largest absolute Gasteiger partial charge is 0.462 e. The summed E-state index contributed by atoms with van der Waals surface area (Å²) in [6.07, 6.45) is 0. The van der Waals surface area contributed by atoms with Gasteiger partial charge in [-0.2, -0.15) is 0 Å². The number of rotatable bonds is 6. The summed E-state index contributed by atoms with van der Waals surface area (Å²) in [6, 6.07) is 14.5. The van der Waals surface area contributed by atoms with E-state index in [4.69, 9.17) is 4.74 Å². The van der Waals surface area contributed by atoms with Gasteiger partial charge in [-0.15, -0.1) is 0 Å². The molecule has 2 aromatic rings. The predicted molar refractivity (Wildman–Crippen MR) is 105 cm³/mol. The van der Waals surface area contributed by atoms with Gasteiger partial charge in [0.05, 0.1) is 12.2 Å². The molecule has 0 aromatic heterocycles. The number of esters is 1. The Hall–Kier alpha value is -2.50. The number of carbonyl (C=O) groups is 2. The Kier molecular flexibility index (Phi) is 6.37. The van der Waals surface area contributed by atoms with Crippen LogP contribution in [0.5, 0.6) is 0 Å². The van der Waals surface area contributed by atoms with Crippen molar-refractivity contribution in [1.29, 1.82) is 0 Å². The van der Waals surface area contributed by atoms with Gasteiger partial charge in [-0.1, -0.05) is 36.4 Å². The van der Waals surface area contributed by atoms with Crippen LogP contribution in [0.4, 0.5) is 0 Å². The molecule has 0 amide bonds. The van der Waals surface area contributed by atoms with Gasteiger partial charge in [0.1, 0.15) is 0 Å². The highest BCUT2D eigenvalue weighted by molar-refractivity contribution is 6.10. The smallest absolute Gasteiger partial charge is 0.338 e. The normalized spacial score (nSPS) is 15.5. The monoisotopic (exact) mass is 366 g/mol. The minimum atomic E-state index is -0.369. The average molecular weight is 366 g/mol. The van der Waals surface area contributed by atoms with E-state index < -0.39 is 0 Å². The van der Waals surface area contributed by atoms with Crippen molar-refractivity contribution < 1.29 is 14.3 Å². The van der Waals surface area contributed by atoms with E-state index in [0.29, 0.717) is 17.7 Å². The topological polar surface area (TPSA) is 49.9 Å². The molecule has 0 N–H and O–H groups in total. The van der Waals surface area contributed by atoms with Gasteiger partial charge in [0.25, 0.3) is 0 Å². The second-order valence-corrected chi connectivity index (χ2v) is 6.86. The third-order valence-electron chi connectivity index (χ3n) is 4.91. The number of benzene rings is 2. The maximum atomic E-state index is 13.0. The third-order valence-corrected chi connectivity index (χ3v) is 4.91. The predicted octanol–water partition coefficient (Wildman–Crippen LogP) is 2.84. The molecular weight excluding hydrogens is 340 g/mol. The number of ketones is 1. The first kappa shape index (κ1) is 19.3. The molecule has 0 unspecified atom stereocenters. The van der Waals surface area contributed by atoms with Crippen molar-refractivity contribution >= 4 is 11.8 Å². The molecule has 142 valence electrons. The number of hydrogen-bond donors (Lipinski definition) is 0. The first-order valence-corrected chi connectivity index (χ1v) is 9.39. The highest BCUT2D eigenvalue weighted by Gasteiger charge is 2.18. The summed E-state index contributed by atoms with van der Waals surface area (Å²) in [7, 11) is 2.13. The van der Waals surface area contributed by atoms with E-state index in [9.17, 15) is 9.59 Å². The minimum absolute atomic E-state index is 0.0184. The Morgan fingerprint density at radius 2 is 1.56 bits per heavy atom.